The Morgan fingerprint density at radius 2 is 1.85 bits per heavy atom. The summed E-state index contributed by atoms with van der Waals surface area (Å²) in [5, 5.41) is 13.7. The summed E-state index contributed by atoms with van der Waals surface area (Å²) in [4.78, 5) is 25.2. The lowest BCUT2D eigenvalue weighted by Gasteiger charge is -2.11. The van der Waals surface area contributed by atoms with Crippen molar-refractivity contribution in [3.8, 4) is 17.4 Å². The predicted molar refractivity (Wildman–Crippen MR) is 127 cm³/mol. The van der Waals surface area contributed by atoms with E-state index in [1.54, 1.807) is 43.5 Å². The van der Waals surface area contributed by atoms with E-state index in [2.05, 4.69) is 20.8 Å². The molecule has 2 N–H and O–H groups in total. The van der Waals surface area contributed by atoms with Crippen LogP contribution in [0.1, 0.15) is 15.9 Å². The fraction of sp³-hybridized carbons (Fsp3) is 0.167. The fourth-order valence-corrected chi connectivity index (χ4v) is 3.64. The number of carbonyl (C=O) groups is 2. The van der Waals surface area contributed by atoms with Gasteiger partial charge in [0.25, 0.3) is 17.0 Å². The zero-order valence-corrected chi connectivity index (χ0v) is 19.1. The number of rotatable bonds is 10. The molecule has 2 aromatic carbocycles. The minimum atomic E-state index is -0.304. The number of hydrogen-bond donors (Lipinski definition) is 2. The van der Waals surface area contributed by atoms with Gasteiger partial charge in [-0.2, -0.15) is 0 Å². The Hall–Kier alpha value is -4.05. The van der Waals surface area contributed by atoms with E-state index in [0.717, 1.165) is 23.1 Å². The smallest absolute Gasteiger partial charge is 0.284 e. The number of para-hydroxylation sites is 1. The van der Waals surface area contributed by atoms with Gasteiger partial charge in [0.1, 0.15) is 5.75 Å². The number of aromatic nitrogens is 2. The number of nitrogens with zero attached hydrogens (tertiary/aromatic N) is 2. The Bertz CT molecular complexity index is 1240. The Morgan fingerprint density at radius 3 is 2.62 bits per heavy atom. The van der Waals surface area contributed by atoms with Gasteiger partial charge in [-0.15, -0.1) is 10.2 Å². The first-order valence-electron chi connectivity index (χ1n) is 10.4. The molecule has 2 amide bonds. The highest BCUT2D eigenvalue weighted by atomic mass is 32.2. The fourth-order valence-electron chi connectivity index (χ4n) is 3.08. The van der Waals surface area contributed by atoms with Gasteiger partial charge in [0, 0.05) is 6.54 Å². The van der Waals surface area contributed by atoms with E-state index in [1.165, 1.54) is 6.26 Å². The molecule has 10 heteroatoms. The molecular weight excluding hydrogens is 456 g/mol. The number of carbonyl (C=O) groups excluding carboxylic acids is 2. The van der Waals surface area contributed by atoms with Crippen molar-refractivity contribution >= 4 is 29.3 Å². The molecule has 0 saturated heterocycles. The van der Waals surface area contributed by atoms with Crippen molar-refractivity contribution in [2.24, 2.45) is 0 Å². The van der Waals surface area contributed by atoms with Gasteiger partial charge in [-0.25, -0.2) is 0 Å². The van der Waals surface area contributed by atoms with E-state index in [-0.39, 0.29) is 28.7 Å². The molecule has 0 bridgehead atoms. The molecule has 4 aromatic rings. The Kier molecular flexibility index (Phi) is 7.61. The largest absolute Gasteiger partial charge is 0.497 e. The molecule has 34 heavy (non-hydrogen) atoms. The molecular formula is C24H22N4O5S. The highest BCUT2D eigenvalue weighted by Gasteiger charge is 2.15. The molecule has 0 atom stereocenters. The van der Waals surface area contributed by atoms with Crippen molar-refractivity contribution < 1.29 is 23.2 Å². The molecule has 0 radical (unpaired) electrons. The summed E-state index contributed by atoms with van der Waals surface area (Å²) in [5.41, 5.74) is 1.89. The third-order valence-electron chi connectivity index (χ3n) is 4.77. The first kappa shape index (κ1) is 23.1. The van der Waals surface area contributed by atoms with Crippen LogP contribution in [0, 0.1) is 0 Å². The number of ether oxygens (including phenoxy) is 1. The van der Waals surface area contributed by atoms with E-state index < -0.39 is 0 Å². The lowest BCUT2D eigenvalue weighted by atomic mass is 10.1. The van der Waals surface area contributed by atoms with Gasteiger partial charge in [0.15, 0.2) is 5.76 Å². The van der Waals surface area contributed by atoms with Crippen LogP contribution in [0.15, 0.2) is 81.0 Å². The second-order valence-corrected chi connectivity index (χ2v) is 8.01. The van der Waals surface area contributed by atoms with Crippen LogP contribution in [0.25, 0.3) is 11.7 Å². The standard InChI is InChI=1S/C24H22N4O5S/c1-31-17-10-8-16(9-11-17)12-13-25-22(30)18-5-2-3-6-19(18)26-21(29)15-34-24-28-27-23(33-24)20-7-4-14-32-20/h2-11,14H,12-13,15H2,1H3,(H,25,30)(H,26,29). The number of nitrogens with one attached hydrogen (secondary N) is 2. The van der Waals surface area contributed by atoms with Crippen LogP contribution in [-0.4, -0.2) is 41.4 Å². The van der Waals surface area contributed by atoms with Crippen molar-refractivity contribution in [1.82, 2.24) is 15.5 Å². The molecule has 0 unspecified atom stereocenters. The summed E-state index contributed by atoms with van der Waals surface area (Å²) in [5.74, 6) is 0.944. The second kappa shape index (κ2) is 11.2. The lowest BCUT2D eigenvalue weighted by Crippen LogP contribution is -2.27. The first-order valence-corrected chi connectivity index (χ1v) is 11.4. The lowest BCUT2D eigenvalue weighted by molar-refractivity contribution is -0.113. The molecule has 0 aliphatic carbocycles. The van der Waals surface area contributed by atoms with E-state index in [1.807, 2.05) is 24.3 Å². The number of methoxy groups -OCH3 is 1. The number of thioether (sulfide) groups is 1. The molecule has 4 rings (SSSR count). The van der Waals surface area contributed by atoms with E-state index in [0.29, 0.717) is 30.0 Å². The average Bonchev–Trinajstić information content (AvgIpc) is 3.56. The van der Waals surface area contributed by atoms with Crippen molar-refractivity contribution in [3.63, 3.8) is 0 Å². The van der Waals surface area contributed by atoms with E-state index >= 15 is 0 Å². The maximum atomic E-state index is 12.7. The minimum absolute atomic E-state index is 0.0349. The van der Waals surface area contributed by atoms with Crippen molar-refractivity contribution in [2.45, 2.75) is 11.6 Å². The molecule has 0 saturated carbocycles. The number of anilines is 1. The van der Waals surface area contributed by atoms with Crippen LogP contribution < -0.4 is 15.4 Å². The summed E-state index contributed by atoms with van der Waals surface area (Å²) in [6.45, 7) is 0.457. The molecule has 0 aliphatic rings. The summed E-state index contributed by atoms with van der Waals surface area (Å²) in [6, 6.07) is 17.9. The molecule has 2 aromatic heterocycles. The van der Waals surface area contributed by atoms with Gasteiger partial charge in [-0.1, -0.05) is 36.0 Å². The Balaban J connectivity index is 1.28. The number of benzene rings is 2. The average molecular weight is 479 g/mol. The van der Waals surface area contributed by atoms with Crippen LogP contribution in [0.5, 0.6) is 5.75 Å². The normalized spacial score (nSPS) is 10.6. The zero-order chi connectivity index (χ0) is 23.8. The number of amides is 2. The van der Waals surface area contributed by atoms with Crippen LogP contribution >= 0.6 is 11.8 Å². The maximum Gasteiger partial charge on any atom is 0.284 e. The van der Waals surface area contributed by atoms with E-state index in [9.17, 15) is 9.59 Å². The molecule has 0 spiro atoms. The maximum absolute atomic E-state index is 12.7. The number of hydrogen-bond acceptors (Lipinski definition) is 8. The SMILES string of the molecule is COc1ccc(CCNC(=O)c2ccccc2NC(=O)CSc2nnc(-c3ccco3)o2)cc1. The van der Waals surface area contributed by atoms with Crippen molar-refractivity contribution in [1.29, 1.82) is 0 Å². The van der Waals surface area contributed by atoms with Gasteiger partial charge in [0.2, 0.25) is 5.91 Å². The quantitative estimate of drug-likeness (QED) is 0.328. The van der Waals surface area contributed by atoms with Gasteiger partial charge in [-0.3, -0.25) is 9.59 Å². The summed E-state index contributed by atoms with van der Waals surface area (Å²) < 4.78 is 15.8. The third-order valence-corrected chi connectivity index (χ3v) is 5.59. The van der Waals surface area contributed by atoms with Crippen LogP contribution in [0.4, 0.5) is 5.69 Å². The van der Waals surface area contributed by atoms with Gasteiger partial charge in [0.05, 0.1) is 30.4 Å². The topological polar surface area (TPSA) is 119 Å². The molecule has 0 aliphatic heterocycles. The molecule has 0 fully saturated rings. The summed E-state index contributed by atoms with van der Waals surface area (Å²) in [6.07, 6.45) is 2.18. The van der Waals surface area contributed by atoms with Crippen LogP contribution in [0.2, 0.25) is 0 Å². The molecule has 2 heterocycles. The van der Waals surface area contributed by atoms with Crippen molar-refractivity contribution in [3.05, 3.63) is 78.1 Å². The minimum Gasteiger partial charge on any atom is -0.497 e. The Morgan fingerprint density at radius 1 is 1.03 bits per heavy atom. The van der Waals surface area contributed by atoms with Gasteiger partial charge in [-0.05, 0) is 48.4 Å². The van der Waals surface area contributed by atoms with Crippen molar-refractivity contribution in [2.75, 3.05) is 24.7 Å². The van der Waals surface area contributed by atoms with Crippen LogP contribution in [-0.2, 0) is 11.2 Å². The second-order valence-electron chi connectivity index (χ2n) is 7.09. The first-order chi connectivity index (χ1) is 16.6. The van der Waals surface area contributed by atoms with Crippen LogP contribution in [0.3, 0.4) is 0 Å². The highest BCUT2D eigenvalue weighted by Crippen LogP contribution is 2.24. The summed E-state index contributed by atoms with van der Waals surface area (Å²) in [7, 11) is 1.62. The summed E-state index contributed by atoms with van der Waals surface area (Å²) >= 11 is 1.09. The predicted octanol–water partition coefficient (Wildman–Crippen LogP) is 4.04. The monoisotopic (exact) mass is 478 g/mol. The zero-order valence-electron chi connectivity index (χ0n) is 18.3. The number of furan rings is 1. The third kappa shape index (κ3) is 6.04. The Labute approximate surface area is 199 Å². The highest BCUT2D eigenvalue weighted by molar-refractivity contribution is 7.99. The molecule has 9 nitrogen and oxygen atoms in total. The van der Waals surface area contributed by atoms with E-state index in [4.69, 9.17) is 13.6 Å². The van der Waals surface area contributed by atoms with Gasteiger partial charge >= 0.3 is 0 Å². The van der Waals surface area contributed by atoms with Gasteiger partial charge < -0.3 is 24.2 Å². The molecule has 174 valence electrons.